The lowest BCUT2D eigenvalue weighted by atomic mass is 9.88. The normalized spacial score (nSPS) is 16.2. The standard InChI is InChI=1S/C12H20N2O3S/c1-4-9(2)12(3,15)8-13-6-10-5-11(14(16)17)18-7-10/h5,7,9,13,15H,4,6,8H2,1-3H3. The first-order valence-corrected chi connectivity index (χ1v) is 6.89. The molecule has 0 spiro atoms. The summed E-state index contributed by atoms with van der Waals surface area (Å²) in [5, 5.41) is 25.8. The van der Waals surface area contributed by atoms with Gasteiger partial charge in [-0.15, -0.1) is 0 Å². The van der Waals surface area contributed by atoms with Gasteiger partial charge in [-0.3, -0.25) is 10.1 Å². The summed E-state index contributed by atoms with van der Waals surface area (Å²) in [5.74, 6) is 0.210. The van der Waals surface area contributed by atoms with Crippen LogP contribution in [0.1, 0.15) is 32.8 Å². The van der Waals surface area contributed by atoms with E-state index in [-0.39, 0.29) is 15.8 Å². The zero-order chi connectivity index (χ0) is 13.8. The largest absolute Gasteiger partial charge is 0.389 e. The van der Waals surface area contributed by atoms with Crippen molar-refractivity contribution in [1.82, 2.24) is 5.32 Å². The van der Waals surface area contributed by atoms with Crippen LogP contribution in [0.15, 0.2) is 11.4 Å². The van der Waals surface area contributed by atoms with Crippen LogP contribution in [-0.2, 0) is 6.54 Å². The summed E-state index contributed by atoms with van der Waals surface area (Å²) in [6.07, 6.45) is 0.915. The summed E-state index contributed by atoms with van der Waals surface area (Å²) in [6, 6.07) is 1.57. The lowest BCUT2D eigenvalue weighted by Crippen LogP contribution is -2.42. The molecule has 0 radical (unpaired) electrons. The molecule has 1 aromatic rings. The molecule has 1 heterocycles. The first kappa shape index (κ1) is 15.1. The fourth-order valence-electron chi connectivity index (χ4n) is 1.63. The molecule has 18 heavy (non-hydrogen) atoms. The lowest BCUT2D eigenvalue weighted by Gasteiger charge is -2.29. The van der Waals surface area contributed by atoms with Crippen molar-refractivity contribution in [3.8, 4) is 0 Å². The minimum Gasteiger partial charge on any atom is -0.389 e. The number of rotatable bonds is 7. The van der Waals surface area contributed by atoms with E-state index in [9.17, 15) is 15.2 Å². The second-order valence-corrected chi connectivity index (χ2v) is 5.71. The Bertz CT molecular complexity index is 404. The maximum absolute atomic E-state index is 10.5. The molecule has 2 unspecified atom stereocenters. The molecule has 1 rings (SSSR count). The van der Waals surface area contributed by atoms with Crippen LogP contribution < -0.4 is 5.32 Å². The van der Waals surface area contributed by atoms with Gasteiger partial charge in [0.2, 0.25) is 0 Å². The Hall–Kier alpha value is -0.980. The van der Waals surface area contributed by atoms with Crippen molar-refractivity contribution in [1.29, 1.82) is 0 Å². The monoisotopic (exact) mass is 272 g/mol. The summed E-state index contributed by atoms with van der Waals surface area (Å²) in [6.45, 7) is 6.88. The molecule has 0 bridgehead atoms. The Balaban J connectivity index is 2.43. The molecule has 0 aromatic carbocycles. The smallest absolute Gasteiger partial charge is 0.324 e. The molecule has 0 aliphatic rings. The van der Waals surface area contributed by atoms with Crippen molar-refractivity contribution in [2.45, 2.75) is 39.3 Å². The molecular formula is C12H20N2O3S. The van der Waals surface area contributed by atoms with E-state index in [2.05, 4.69) is 5.32 Å². The zero-order valence-electron chi connectivity index (χ0n) is 11.0. The Labute approximate surface area is 111 Å². The second kappa shape index (κ2) is 6.26. The number of nitro groups is 1. The molecule has 2 atom stereocenters. The first-order valence-electron chi connectivity index (χ1n) is 6.01. The third-order valence-corrected chi connectivity index (χ3v) is 4.23. The summed E-state index contributed by atoms with van der Waals surface area (Å²) >= 11 is 1.12. The van der Waals surface area contributed by atoms with E-state index in [4.69, 9.17) is 0 Å². The predicted octanol–water partition coefficient (Wildman–Crippen LogP) is 2.54. The maximum atomic E-state index is 10.5. The average molecular weight is 272 g/mol. The number of thiophene rings is 1. The highest BCUT2D eigenvalue weighted by atomic mass is 32.1. The van der Waals surface area contributed by atoms with Crippen LogP contribution in [0.5, 0.6) is 0 Å². The van der Waals surface area contributed by atoms with Crippen molar-refractivity contribution in [3.63, 3.8) is 0 Å². The molecular weight excluding hydrogens is 252 g/mol. The van der Waals surface area contributed by atoms with Gasteiger partial charge in [-0.2, -0.15) is 0 Å². The van der Waals surface area contributed by atoms with Gasteiger partial charge in [0.15, 0.2) is 0 Å². The first-order chi connectivity index (χ1) is 8.36. The molecule has 6 heteroatoms. The van der Waals surface area contributed by atoms with Gasteiger partial charge < -0.3 is 10.4 Å². The van der Waals surface area contributed by atoms with E-state index < -0.39 is 5.60 Å². The minimum atomic E-state index is -0.753. The van der Waals surface area contributed by atoms with E-state index in [1.807, 2.05) is 20.8 Å². The van der Waals surface area contributed by atoms with Crippen LogP contribution in [0.3, 0.4) is 0 Å². The molecule has 0 aliphatic carbocycles. The predicted molar refractivity (Wildman–Crippen MR) is 72.8 cm³/mol. The molecule has 1 aromatic heterocycles. The van der Waals surface area contributed by atoms with Gasteiger partial charge in [-0.1, -0.05) is 31.6 Å². The molecule has 0 saturated heterocycles. The van der Waals surface area contributed by atoms with Crippen molar-refractivity contribution in [3.05, 3.63) is 27.1 Å². The maximum Gasteiger partial charge on any atom is 0.324 e. The van der Waals surface area contributed by atoms with Gasteiger partial charge in [0.25, 0.3) is 0 Å². The third kappa shape index (κ3) is 4.04. The molecule has 0 amide bonds. The Morgan fingerprint density at radius 1 is 1.67 bits per heavy atom. The summed E-state index contributed by atoms with van der Waals surface area (Å²) < 4.78 is 0. The molecule has 0 saturated carbocycles. The number of hydrogen-bond acceptors (Lipinski definition) is 5. The minimum absolute atomic E-state index is 0.153. The molecule has 5 nitrogen and oxygen atoms in total. The highest BCUT2D eigenvalue weighted by molar-refractivity contribution is 7.13. The number of aliphatic hydroxyl groups is 1. The van der Waals surface area contributed by atoms with Crippen LogP contribution >= 0.6 is 11.3 Å². The Morgan fingerprint density at radius 2 is 2.33 bits per heavy atom. The SMILES string of the molecule is CCC(C)C(C)(O)CNCc1csc([N+](=O)[O-])c1. The van der Waals surface area contributed by atoms with E-state index in [0.29, 0.717) is 13.1 Å². The van der Waals surface area contributed by atoms with E-state index in [0.717, 1.165) is 23.3 Å². The van der Waals surface area contributed by atoms with Crippen molar-refractivity contribution in [2.75, 3.05) is 6.54 Å². The third-order valence-electron chi connectivity index (χ3n) is 3.31. The van der Waals surface area contributed by atoms with E-state index in [1.165, 1.54) is 0 Å². The van der Waals surface area contributed by atoms with Crippen LogP contribution in [0, 0.1) is 16.0 Å². The number of nitrogens with zero attached hydrogens (tertiary/aromatic N) is 1. The van der Waals surface area contributed by atoms with Gasteiger partial charge in [-0.25, -0.2) is 0 Å². The molecule has 0 aliphatic heterocycles. The highest BCUT2D eigenvalue weighted by Gasteiger charge is 2.26. The van der Waals surface area contributed by atoms with Crippen LogP contribution in [0.4, 0.5) is 5.00 Å². The van der Waals surface area contributed by atoms with Gasteiger partial charge in [0.1, 0.15) is 0 Å². The molecule has 2 N–H and O–H groups in total. The van der Waals surface area contributed by atoms with Crippen molar-refractivity contribution < 1.29 is 10.0 Å². The summed E-state index contributed by atoms with van der Waals surface area (Å²) in [7, 11) is 0. The quantitative estimate of drug-likeness (QED) is 0.591. The van der Waals surface area contributed by atoms with Crippen LogP contribution in [-0.4, -0.2) is 22.2 Å². The fourth-order valence-corrected chi connectivity index (χ4v) is 2.35. The van der Waals surface area contributed by atoms with E-state index in [1.54, 1.807) is 11.4 Å². The molecule has 102 valence electrons. The Morgan fingerprint density at radius 3 is 2.83 bits per heavy atom. The van der Waals surface area contributed by atoms with Crippen molar-refractivity contribution in [2.24, 2.45) is 5.92 Å². The van der Waals surface area contributed by atoms with E-state index >= 15 is 0 Å². The summed E-state index contributed by atoms with van der Waals surface area (Å²) in [5.41, 5.74) is 0.128. The van der Waals surface area contributed by atoms with Gasteiger partial charge in [0, 0.05) is 24.5 Å². The lowest BCUT2D eigenvalue weighted by molar-refractivity contribution is -0.380. The molecule has 0 fully saturated rings. The summed E-state index contributed by atoms with van der Waals surface area (Å²) in [4.78, 5) is 10.1. The van der Waals surface area contributed by atoms with Crippen LogP contribution in [0.25, 0.3) is 0 Å². The fraction of sp³-hybridized carbons (Fsp3) is 0.667. The number of hydrogen-bond donors (Lipinski definition) is 2. The van der Waals surface area contributed by atoms with Gasteiger partial charge in [-0.05, 0) is 18.4 Å². The van der Waals surface area contributed by atoms with Gasteiger partial charge >= 0.3 is 5.00 Å². The van der Waals surface area contributed by atoms with Crippen LogP contribution in [0.2, 0.25) is 0 Å². The topological polar surface area (TPSA) is 75.4 Å². The highest BCUT2D eigenvalue weighted by Crippen LogP contribution is 2.23. The Kier molecular flexibility index (Phi) is 5.25. The second-order valence-electron chi connectivity index (χ2n) is 4.82. The van der Waals surface area contributed by atoms with Gasteiger partial charge in [0.05, 0.1) is 10.5 Å². The zero-order valence-corrected chi connectivity index (χ0v) is 11.8. The number of nitrogens with one attached hydrogen (secondary N) is 1. The van der Waals surface area contributed by atoms with Crippen molar-refractivity contribution >= 4 is 16.3 Å². The average Bonchev–Trinajstić information content (AvgIpc) is 2.76.